The highest BCUT2D eigenvalue weighted by atomic mass is 32.2. The van der Waals surface area contributed by atoms with Gasteiger partial charge in [-0.3, -0.25) is 9.10 Å². The highest BCUT2D eigenvalue weighted by Crippen LogP contribution is 2.18. The zero-order valence-electron chi connectivity index (χ0n) is 13.8. The van der Waals surface area contributed by atoms with E-state index in [1.54, 1.807) is 12.1 Å². The molecule has 0 aliphatic carbocycles. The average Bonchev–Trinajstić information content (AvgIpc) is 2.39. The smallest absolute Gasteiger partial charge is 0.232 e. The highest BCUT2D eigenvalue weighted by Gasteiger charge is 2.18. The van der Waals surface area contributed by atoms with Crippen molar-refractivity contribution in [1.82, 2.24) is 5.32 Å². The molecule has 124 valence electrons. The van der Waals surface area contributed by atoms with Crippen LogP contribution in [0.1, 0.15) is 32.3 Å². The number of hydrogen-bond donors (Lipinski definition) is 1. The molecule has 5 nitrogen and oxygen atoms in total. The van der Waals surface area contributed by atoms with Crippen LogP contribution in [-0.4, -0.2) is 33.7 Å². The first kappa shape index (κ1) is 18.5. The van der Waals surface area contributed by atoms with Gasteiger partial charge in [-0.15, -0.1) is 0 Å². The molecule has 0 spiro atoms. The fourth-order valence-corrected chi connectivity index (χ4v) is 2.92. The lowest BCUT2D eigenvalue weighted by Crippen LogP contribution is -2.35. The molecule has 1 amide bonds. The highest BCUT2D eigenvalue weighted by molar-refractivity contribution is 7.92. The molecule has 1 aromatic rings. The summed E-state index contributed by atoms with van der Waals surface area (Å²) in [5.41, 5.74) is 1.65. The molecule has 0 unspecified atom stereocenters. The van der Waals surface area contributed by atoms with E-state index in [-0.39, 0.29) is 18.9 Å². The predicted molar refractivity (Wildman–Crippen MR) is 90.5 cm³/mol. The van der Waals surface area contributed by atoms with Gasteiger partial charge in [-0.2, -0.15) is 0 Å². The van der Waals surface area contributed by atoms with Crippen LogP contribution in [0.5, 0.6) is 0 Å². The van der Waals surface area contributed by atoms with E-state index in [1.807, 2.05) is 19.1 Å². The number of amides is 1. The Morgan fingerprint density at radius 3 is 2.32 bits per heavy atom. The summed E-state index contributed by atoms with van der Waals surface area (Å²) >= 11 is 0. The molecule has 0 radical (unpaired) electrons. The van der Waals surface area contributed by atoms with Crippen molar-refractivity contribution < 1.29 is 13.2 Å². The number of nitrogens with one attached hydrogen (secondary N) is 1. The Morgan fingerprint density at radius 2 is 1.82 bits per heavy atom. The van der Waals surface area contributed by atoms with E-state index in [9.17, 15) is 13.2 Å². The number of benzene rings is 1. The fourth-order valence-electron chi connectivity index (χ4n) is 1.99. The maximum absolute atomic E-state index is 11.9. The molecule has 0 saturated heterocycles. The molecule has 6 heteroatoms. The Morgan fingerprint density at radius 1 is 1.23 bits per heavy atom. The minimum Gasteiger partial charge on any atom is -0.356 e. The zero-order valence-corrected chi connectivity index (χ0v) is 14.6. The standard InChI is InChI=1S/C16H26N2O3S/c1-13(2)9-11-17-16(19)10-12-18(22(4,20)21)15-7-5-14(3)6-8-15/h5-8,13H,9-12H2,1-4H3,(H,17,19). The fraction of sp³-hybridized carbons (Fsp3) is 0.562. The summed E-state index contributed by atoms with van der Waals surface area (Å²) in [6.45, 7) is 6.90. The van der Waals surface area contributed by atoms with Crippen molar-refractivity contribution >= 4 is 21.6 Å². The molecule has 0 bridgehead atoms. The van der Waals surface area contributed by atoms with Crippen molar-refractivity contribution in [2.45, 2.75) is 33.6 Å². The SMILES string of the molecule is Cc1ccc(N(CCC(=O)NCCC(C)C)S(C)(=O)=O)cc1. The molecule has 0 aliphatic rings. The molecule has 1 rings (SSSR count). The van der Waals surface area contributed by atoms with Gasteiger partial charge in [0, 0.05) is 19.5 Å². The van der Waals surface area contributed by atoms with Crippen LogP contribution in [-0.2, 0) is 14.8 Å². The lowest BCUT2D eigenvalue weighted by Gasteiger charge is -2.22. The second-order valence-electron chi connectivity index (χ2n) is 5.95. The maximum Gasteiger partial charge on any atom is 0.232 e. The van der Waals surface area contributed by atoms with Crippen molar-refractivity contribution in [3.05, 3.63) is 29.8 Å². The molecule has 1 aromatic carbocycles. The summed E-state index contributed by atoms with van der Waals surface area (Å²) in [5.74, 6) is 0.404. The minimum atomic E-state index is -3.41. The van der Waals surface area contributed by atoms with Gasteiger partial charge in [0.2, 0.25) is 15.9 Å². The van der Waals surface area contributed by atoms with Crippen molar-refractivity contribution in [3.63, 3.8) is 0 Å². The molecule has 0 aliphatic heterocycles. The largest absolute Gasteiger partial charge is 0.356 e. The first-order chi connectivity index (χ1) is 10.2. The summed E-state index contributed by atoms with van der Waals surface area (Å²) in [4.78, 5) is 11.8. The van der Waals surface area contributed by atoms with Crippen LogP contribution >= 0.6 is 0 Å². The molecule has 0 saturated carbocycles. The van der Waals surface area contributed by atoms with Gasteiger partial charge >= 0.3 is 0 Å². The van der Waals surface area contributed by atoms with E-state index >= 15 is 0 Å². The lowest BCUT2D eigenvalue weighted by atomic mass is 10.1. The summed E-state index contributed by atoms with van der Waals surface area (Å²) in [6, 6.07) is 7.23. The Kier molecular flexibility index (Phi) is 6.87. The Hall–Kier alpha value is -1.56. The van der Waals surface area contributed by atoms with Crippen LogP contribution in [0.4, 0.5) is 5.69 Å². The molecule has 0 heterocycles. The number of nitrogens with zero attached hydrogens (tertiary/aromatic N) is 1. The third-order valence-corrected chi connectivity index (χ3v) is 4.50. The van der Waals surface area contributed by atoms with Gasteiger partial charge in [0.25, 0.3) is 0 Å². The summed E-state index contributed by atoms with van der Waals surface area (Å²) < 4.78 is 25.1. The molecule has 0 aromatic heterocycles. The first-order valence-corrected chi connectivity index (χ1v) is 9.36. The van der Waals surface area contributed by atoms with E-state index < -0.39 is 10.0 Å². The molecule has 0 atom stereocenters. The number of carbonyl (C=O) groups excluding carboxylic acids is 1. The number of hydrogen-bond acceptors (Lipinski definition) is 3. The van der Waals surface area contributed by atoms with Crippen molar-refractivity contribution in [2.75, 3.05) is 23.7 Å². The zero-order chi connectivity index (χ0) is 16.8. The molecular weight excluding hydrogens is 300 g/mol. The molecule has 1 N–H and O–H groups in total. The topological polar surface area (TPSA) is 66.5 Å². The summed E-state index contributed by atoms with van der Waals surface area (Å²) in [7, 11) is -3.41. The molecular formula is C16H26N2O3S. The molecule has 0 fully saturated rings. The Bertz CT molecular complexity index is 580. The van der Waals surface area contributed by atoms with E-state index in [1.165, 1.54) is 4.31 Å². The number of anilines is 1. The normalized spacial score (nSPS) is 11.5. The van der Waals surface area contributed by atoms with Crippen LogP contribution in [0.15, 0.2) is 24.3 Å². The Labute approximate surface area is 133 Å². The van der Waals surface area contributed by atoms with Gasteiger partial charge in [-0.25, -0.2) is 8.42 Å². The van der Waals surface area contributed by atoms with E-state index in [0.717, 1.165) is 18.2 Å². The lowest BCUT2D eigenvalue weighted by molar-refractivity contribution is -0.120. The first-order valence-electron chi connectivity index (χ1n) is 7.51. The van der Waals surface area contributed by atoms with Crippen LogP contribution in [0.2, 0.25) is 0 Å². The number of aryl methyl sites for hydroxylation is 1. The van der Waals surface area contributed by atoms with Crippen molar-refractivity contribution in [1.29, 1.82) is 0 Å². The van der Waals surface area contributed by atoms with E-state index in [4.69, 9.17) is 0 Å². The third-order valence-electron chi connectivity index (χ3n) is 3.31. The van der Waals surface area contributed by atoms with Crippen LogP contribution in [0, 0.1) is 12.8 Å². The average molecular weight is 326 g/mol. The van der Waals surface area contributed by atoms with Gasteiger partial charge in [-0.05, 0) is 31.4 Å². The second kappa shape index (κ2) is 8.17. The number of carbonyl (C=O) groups is 1. The predicted octanol–water partition coefficient (Wildman–Crippen LogP) is 2.31. The number of sulfonamides is 1. The second-order valence-corrected chi connectivity index (χ2v) is 7.86. The third kappa shape index (κ3) is 6.47. The number of rotatable bonds is 8. The van der Waals surface area contributed by atoms with Crippen LogP contribution < -0.4 is 9.62 Å². The van der Waals surface area contributed by atoms with Crippen LogP contribution in [0.25, 0.3) is 0 Å². The Balaban J connectivity index is 2.64. The van der Waals surface area contributed by atoms with Gasteiger partial charge < -0.3 is 5.32 Å². The van der Waals surface area contributed by atoms with Gasteiger partial charge in [0.1, 0.15) is 0 Å². The summed E-state index contributed by atoms with van der Waals surface area (Å²) in [6.07, 6.45) is 2.22. The molecule has 22 heavy (non-hydrogen) atoms. The van der Waals surface area contributed by atoms with Gasteiger partial charge in [0.15, 0.2) is 0 Å². The van der Waals surface area contributed by atoms with E-state index in [2.05, 4.69) is 19.2 Å². The quantitative estimate of drug-likeness (QED) is 0.797. The maximum atomic E-state index is 11.9. The minimum absolute atomic E-state index is 0.124. The summed E-state index contributed by atoms with van der Waals surface area (Å²) in [5, 5.41) is 2.82. The van der Waals surface area contributed by atoms with Gasteiger partial charge in [0.05, 0.1) is 11.9 Å². The van der Waals surface area contributed by atoms with Crippen molar-refractivity contribution in [3.8, 4) is 0 Å². The van der Waals surface area contributed by atoms with Crippen molar-refractivity contribution in [2.24, 2.45) is 5.92 Å². The monoisotopic (exact) mass is 326 g/mol. The van der Waals surface area contributed by atoms with Crippen LogP contribution in [0.3, 0.4) is 0 Å². The van der Waals surface area contributed by atoms with Gasteiger partial charge in [-0.1, -0.05) is 31.5 Å². The van der Waals surface area contributed by atoms with E-state index in [0.29, 0.717) is 18.2 Å².